The van der Waals surface area contributed by atoms with Crippen LogP contribution in [0, 0.1) is 13.8 Å². The number of rotatable bonds is 3. The lowest BCUT2D eigenvalue weighted by Gasteiger charge is -2.08. The maximum Gasteiger partial charge on any atom is 0.0797 e. The Hall–Kier alpha value is -1.13. The number of hydrogen-bond donors (Lipinski definition) is 1. The van der Waals surface area contributed by atoms with Gasteiger partial charge in [0.15, 0.2) is 0 Å². The molecule has 0 amide bonds. The van der Waals surface area contributed by atoms with E-state index in [1.165, 1.54) is 5.56 Å². The van der Waals surface area contributed by atoms with Crippen LogP contribution in [0.4, 0.5) is 0 Å². The van der Waals surface area contributed by atoms with E-state index >= 15 is 0 Å². The van der Waals surface area contributed by atoms with Crippen molar-refractivity contribution in [3.05, 3.63) is 51.3 Å². The lowest BCUT2D eigenvalue weighted by Crippen LogP contribution is -2.05. The summed E-state index contributed by atoms with van der Waals surface area (Å²) in [5.41, 5.74) is 4.04. The predicted octanol–water partition coefficient (Wildman–Crippen LogP) is 3.36. The van der Waals surface area contributed by atoms with Crippen LogP contribution >= 0.6 is 15.9 Å². The van der Waals surface area contributed by atoms with Gasteiger partial charge in [0, 0.05) is 15.7 Å². The van der Waals surface area contributed by atoms with Crippen molar-refractivity contribution >= 4 is 15.9 Å². The highest BCUT2D eigenvalue weighted by molar-refractivity contribution is 9.10. The fourth-order valence-corrected chi connectivity index (χ4v) is 2.67. The second-order valence-corrected chi connectivity index (χ2v) is 5.36. The Labute approximate surface area is 116 Å². The van der Waals surface area contributed by atoms with Gasteiger partial charge >= 0.3 is 0 Å². The highest BCUT2D eigenvalue weighted by Gasteiger charge is 2.15. The SMILES string of the molecule is Cc1nn(Cc2ccccc2Br)c(C)c1C(C)O. The summed E-state index contributed by atoms with van der Waals surface area (Å²) in [5, 5.41) is 14.3. The van der Waals surface area contributed by atoms with Crippen LogP contribution in [0.1, 0.15) is 35.5 Å². The first kappa shape index (κ1) is 13.3. The van der Waals surface area contributed by atoms with Crippen LogP contribution in [0.25, 0.3) is 0 Å². The van der Waals surface area contributed by atoms with E-state index in [2.05, 4.69) is 27.1 Å². The number of benzene rings is 1. The topological polar surface area (TPSA) is 38.0 Å². The molecule has 0 aliphatic rings. The summed E-state index contributed by atoms with van der Waals surface area (Å²) >= 11 is 3.54. The Kier molecular flexibility index (Phi) is 3.88. The van der Waals surface area contributed by atoms with Crippen LogP contribution in [-0.4, -0.2) is 14.9 Å². The Morgan fingerprint density at radius 3 is 2.56 bits per heavy atom. The molecule has 1 aromatic heterocycles. The van der Waals surface area contributed by atoms with Crippen molar-refractivity contribution in [2.75, 3.05) is 0 Å². The Morgan fingerprint density at radius 1 is 1.33 bits per heavy atom. The van der Waals surface area contributed by atoms with Gasteiger partial charge in [-0.15, -0.1) is 0 Å². The highest BCUT2D eigenvalue weighted by Crippen LogP contribution is 2.23. The first-order valence-corrected chi connectivity index (χ1v) is 6.75. The van der Waals surface area contributed by atoms with Gasteiger partial charge in [-0.3, -0.25) is 4.68 Å². The minimum absolute atomic E-state index is 0.474. The first-order valence-electron chi connectivity index (χ1n) is 5.96. The van der Waals surface area contributed by atoms with Crippen molar-refractivity contribution in [2.24, 2.45) is 0 Å². The molecule has 0 fully saturated rings. The normalized spacial score (nSPS) is 12.7. The molecule has 0 aliphatic heterocycles. The van der Waals surface area contributed by atoms with Crippen LogP contribution in [0.15, 0.2) is 28.7 Å². The maximum atomic E-state index is 9.76. The van der Waals surface area contributed by atoms with Gasteiger partial charge in [-0.2, -0.15) is 5.10 Å². The van der Waals surface area contributed by atoms with Gasteiger partial charge in [0.2, 0.25) is 0 Å². The molecule has 1 heterocycles. The van der Waals surface area contributed by atoms with Crippen LogP contribution in [0.3, 0.4) is 0 Å². The third-order valence-corrected chi connectivity index (χ3v) is 3.91. The molecule has 96 valence electrons. The number of aliphatic hydroxyl groups excluding tert-OH is 1. The van der Waals surface area contributed by atoms with Gasteiger partial charge in [-0.1, -0.05) is 34.1 Å². The zero-order valence-electron chi connectivity index (χ0n) is 10.8. The summed E-state index contributed by atoms with van der Waals surface area (Å²) in [6.45, 7) is 6.42. The number of aliphatic hydroxyl groups is 1. The van der Waals surface area contributed by atoms with Crippen molar-refractivity contribution in [2.45, 2.75) is 33.4 Å². The Bertz CT molecular complexity index is 561. The third-order valence-electron chi connectivity index (χ3n) is 3.13. The molecule has 0 saturated heterocycles. The molecular formula is C14H17BrN2O. The van der Waals surface area contributed by atoms with Crippen LogP contribution < -0.4 is 0 Å². The molecule has 1 atom stereocenters. The minimum Gasteiger partial charge on any atom is -0.389 e. The summed E-state index contributed by atoms with van der Waals surface area (Å²) < 4.78 is 3.02. The second kappa shape index (κ2) is 5.24. The van der Waals surface area contributed by atoms with E-state index in [-0.39, 0.29) is 0 Å². The molecule has 0 radical (unpaired) electrons. The summed E-state index contributed by atoms with van der Waals surface area (Å²) in [6.07, 6.45) is -0.474. The fraction of sp³-hybridized carbons (Fsp3) is 0.357. The van der Waals surface area contributed by atoms with E-state index in [0.29, 0.717) is 6.54 Å². The number of halogens is 1. The molecule has 0 aliphatic carbocycles. The zero-order chi connectivity index (χ0) is 13.3. The molecule has 4 heteroatoms. The number of aromatic nitrogens is 2. The van der Waals surface area contributed by atoms with Crippen molar-refractivity contribution in [1.29, 1.82) is 0 Å². The molecule has 1 aromatic carbocycles. The van der Waals surface area contributed by atoms with Crippen LogP contribution in [0.5, 0.6) is 0 Å². The summed E-state index contributed by atoms with van der Waals surface area (Å²) in [4.78, 5) is 0. The standard InChI is InChI=1S/C14H17BrN2O/c1-9-14(11(3)18)10(2)17(16-9)8-12-6-4-5-7-13(12)15/h4-7,11,18H,8H2,1-3H3. The molecule has 1 N–H and O–H groups in total. The first-order chi connectivity index (χ1) is 8.50. The summed E-state index contributed by atoms with van der Waals surface area (Å²) in [6, 6.07) is 8.11. The molecule has 1 unspecified atom stereocenters. The van der Waals surface area contributed by atoms with Crippen molar-refractivity contribution < 1.29 is 5.11 Å². The number of nitrogens with zero attached hydrogens (tertiary/aromatic N) is 2. The average Bonchev–Trinajstić information content (AvgIpc) is 2.57. The van der Waals surface area contributed by atoms with Crippen molar-refractivity contribution in [3.8, 4) is 0 Å². The number of aryl methyl sites for hydroxylation is 1. The number of hydrogen-bond acceptors (Lipinski definition) is 2. The molecule has 18 heavy (non-hydrogen) atoms. The third kappa shape index (κ3) is 2.49. The fourth-order valence-electron chi connectivity index (χ4n) is 2.26. The van der Waals surface area contributed by atoms with E-state index in [0.717, 1.165) is 21.4 Å². The average molecular weight is 309 g/mol. The zero-order valence-corrected chi connectivity index (χ0v) is 12.4. The summed E-state index contributed by atoms with van der Waals surface area (Å²) in [5.74, 6) is 0. The largest absolute Gasteiger partial charge is 0.389 e. The van der Waals surface area contributed by atoms with Crippen molar-refractivity contribution in [3.63, 3.8) is 0 Å². The highest BCUT2D eigenvalue weighted by atomic mass is 79.9. The quantitative estimate of drug-likeness (QED) is 0.944. The lowest BCUT2D eigenvalue weighted by atomic mass is 10.1. The maximum absolute atomic E-state index is 9.76. The van der Waals surface area contributed by atoms with E-state index < -0.39 is 6.10 Å². The summed E-state index contributed by atoms with van der Waals surface area (Å²) in [7, 11) is 0. The molecule has 0 saturated carbocycles. The molecule has 2 rings (SSSR count). The van der Waals surface area contributed by atoms with E-state index in [1.807, 2.05) is 36.7 Å². The van der Waals surface area contributed by atoms with Crippen molar-refractivity contribution in [1.82, 2.24) is 9.78 Å². The van der Waals surface area contributed by atoms with Gasteiger partial charge in [0.05, 0.1) is 18.3 Å². The monoisotopic (exact) mass is 308 g/mol. The van der Waals surface area contributed by atoms with Gasteiger partial charge in [0.1, 0.15) is 0 Å². The van der Waals surface area contributed by atoms with Crippen LogP contribution in [-0.2, 0) is 6.54 Å². The van der Waals surface area contributed by atoms with E-state index in [4.69, 9.17) is 0 Å². The molecular weight excluding hydrogens is 292 g/mol. The van der Waals surface area contributed by atoms with E-state index in [1.54, 1.807) is 6.92 Å². The Balaban J connectivity index is 2.36. The van der Waals surface area contributed by atoms with Gasteiger partial charge in [-0.05, 0) is 32.4 Å². The smallest absolute Gasteiger partial charge is 0.0797 e. The minimum atomic E-state index is -0.474. The van der Waals surface area contributed by atoms with Gasteiger partial charge in [-0.25, -0.2) is 0 Å². The molecule has 0 spiro atoms. The predicted molar refractivity (Wildman–Crippen MR) is 75.6 cm³/mol. The van der Waals surface area contributed by atoms with Gasteiger partial charge in [0.25, 0.3) is 0 Å². The van der Waals surface area contributed by atoms with Gasteiger partial charge < -0.3 is 5.11 Å². The lowest BCUT2D eigenvalue weighted by molar-refractivity contribution is 0.197. The second-order valence-electron chi connectivity index (χ2n) is 4.51. The van der Waals surface area contributed by atoms with Crippen LogP contribution in [0.2, 0.25) is 0 Å². The molecule has 3 nitrogen and oxygen atoms in total. The Morgan fingerprint density at radius 2 is 2.00 bits per heavy atom. The van der Waals surface area contributed by atoms with E-state index in [9.17, 15) is 5.11 Å². The molecule has 2 aromatic rings. The molecule has 0 bridgehead atoms.